The van der Waals surface area contributed by atoms with Gasteiger partial charge >= 0.3 is 0 Å². The Bertz CT molecular complexity index is 1350. The SMILES string of the molecule is Cc1cc(C)cc(NC(=O)C(Sc2nc3ccccc3c(=O)n2CCCO)c2ccccc2)c1. The number of hydrogen-bond acceptors (Lipinski definition) is 5. The van der Waals surface area contributed by atoms with Gasteiger partial charge in [-0.1, -0.05) is 60.3 Å². The molecule has 1 heterocycles. The minimum Gasteiger partial charge on any atom is -0.396 e. The summed E-state index contributed by atoms with van der Waals surface area (Å²) >= 11 is 1.24. The van der Waals surface area contributed by atoms with Crippen molar-refractivity contribution >= 4 is 34.3 Å². The Labute approximate surface area is 202 Å². The molecule has 0 saturated carbocycles. The molecule has 0 fully saturated rings. The maximum atomic E-state index is 13.5. The molecule has 1 atom stereocenters. The molecule has 6 nitrogen and oxygen atoms in total. The number of aromatic nitrogens is 2. The molecule has 0 aliphatic carbocycles. The highest BCUT2D eigenvalue weighted by Gasteiger charge is 2.25. The van der Waals surface area contributed by atoms with E-state index in [0.29, 0.717) is 29.0 Å². The van der Waals surface area contributed by atoms with Crippen LogP contribution >= 0.6 is 11.8 Å². The summed E-state index contributed by atoms with van der Waals surface area (Å²) in [6.07, 6.45) is 0.415. The largest absolute Gasteiger partial charge is 0.396 e. The number of nitrogens with zero attached hydrogens (tertiary/aromatic N) is 2. The molecular weight excluding hydrogens is 446 g/mol. The number of aliphatic hydroxyl groups is 1. The Morgan fingerprint density at radius 3 is 2.41 bits per heavy atom. The van der Waals surface area contributed by atoms with Crippen molar-refractivity contribution in [3.63, 3.8) is 0 Å². The van der Waals surface area contributed by atoms with Gasteiger partial charge in [0.05, 0.1) is 10.9 Å². The second kappa shape index (κ2) is 10.7. The lowest BCUT2D eigenvalue weighted by Crippen LogP contribution is -2.26. The predicted molar refractivity (Wildman–Crippen MR) is 137 cm³/mol. The quantitative estimate of drug-likeness (QED) is 0.282. The standard InChI is InChI=1S/C27H27N3O3S/c1-18-15-19(2)17-21(16-18)28-25(32)24(20-9-4-3-5-10-20)34-27-29-23-12-7-6-11-22(23)26(33)30(27)13-8-14-31/h3-7,9-12,15-17,24,31H,8,13-14H2,1-2H3,(H,28,32). The van der Waals surface area contributed by atoms with E-state index in [4.69, 9.17) is 4.98 Å². The summed E-state index contributed by atoms with van der Waals surface area (Å²) in [6, 6.07) is 22.6. The molecule has 0 spiro atoms. The Morgan fingerprint density at radius 1 is 1.03 bits per heavy atom. The molecule has 4 aromatic rings. The molecule has 0 radical (unpaired) electrons. The number of fused-ring (bicyclic) bond motifs is 1. The van der Waals surface area contributed by atoms with E-state index in [-0.39, 0.29) is 18.1 Å². The van der Waals surface area contributed by atoms with Crippen molar-refractivity contribution in [3.05, 3.63) is 99.8 Å². The summed E-state index contributed by atoms with van der Waals surface area (Å²) in [5, 5.41) is 12.7. The number of nitrogens with one attached hydrogen (secondary N) is 1. The third kappa shape index (κ3) is 5.38. The zero-order valence-electron chi connectivity index (χ0n) is 19.2. The molecule has 0 bridgehead atoms. The van der Waals surface area contributed by atoms with Gasteiger partial charge in [0.2, 0.25) is 5.91 Å². The first kappa shape index (κ1) is 23.7. The Kier molecular flexibility index (Phi) is 7.45. The number of aryl methyl sites for hydroxylation is 2. The summed E-state index contributed by atoms with van der Waals surface area (Å²) in [5.74, 6) is -0.197. The van der Waals surface area contributed by atoms with Gasteiger partial charge in [0.15, 0.2) is 5.16 Å². The van der Waals surface area contributed by atoms with Crippen LogP contribution in [0.15, 0.2) is 82.7 Å². The zero-order valence-corrected chi connectivity index (χ0v) is 20.0. The maximum absolute atomic E-state index is 13.5. The van der Waals surface area contributed by atoms with Crippen LogP contribution < -0.4 is 10.9 Å². The van der Waals surface area contributed by atoms with Crippen molar-refractivity contribution in [1.29, 1.82) is 0 Å². The van der Waals surface area contributed by atoms with E-state index in [1.165, 1.54) is 11.8 Å². The maximum Gasteiger partial charge on any atom is 0.262 e. The average Bonchev–Trinajstić information content (AvgIpc) is 2.82. The number of carbonyl (C=O) groups is 1. The highest BCUT2D eigenvalue weighted by atomic mass is 32.2. The van der Waals surface area contributed by atoms with Gasteiger partial charge in [-0.05, 0) is 61.2 Å². The summed E-state index contributed by atoms with van der Waals surface area (Å²) in [5.41, 5.74) is 4.07. The van der Waals surface area contributed by atoms with Gasteiger partial charge in [-0.15, -0.1) is 0 Å². The number of rotatable bonds is 8. The molecular formula is C27H27N3O3S. The predicted octanol–water partition coefficient (Wildman–Crippen LogP) is 4.87. The highest BCUT2D eigenvalue weighted by Crippen LogP contribution is 2.35. The average molecular weight is 474 g/mol. The third-order valence-corrected chi connectivity index (χ3v) is 6.66. The van der Waals surface area contributed by atoms with Crippen molar-refractivity contribution in [3.8, 4) is 0 Å². The molecule has 2 N–H and O–H groups in total. The fourth-order valence-electron chi connectivity index (χ4n) is 3.92. The van der Waals surface area contributed by atoms with Crippen molar-refractivity contribution in [2.24, 2.45) is 0 Å². The lowest BCUT2D eigenvalue weighted by Gasteiger charge is -2.20. The second-order valence-corrected chi connectivity index (χ2v) is 9.29. The first-order chi connectivity index (χ1) is 16.5. The minimum atomic E-state index is -0.629. The fourth-order valence-corrected chi connectivity index (χ4v) is 5.05. The zero-order chi connectivity index (χ0) is 24.1. The Balaban J connectivity index is 1.76. The van der Waals surface area contributed by atoms with Crippen LogP contribution in [0, 0.1) is 13.8 Å². The van der Waals surface area contributed by atoms with Crippen molar-refractivity contribution in [1.82, 2.24) is 9.55 Å². The molecule has 1 aromatic heterocycles. The van der Waals surface area contributed by atoms with Gasteiger partial charge < -0.3 is 10.4 Å². The molecule has 4 rings (SSSR count). The van der Waals surface area contributed by atoms with E-state index >= 15 is 0 Å². The van der Waals surface area contributed by atoms with Gasteiger partial charge in [-0.3, -0.25) is 14.2 Å². The molecule has 3 aromatic carbocycles. The number of hydrogen-bond donors (Lipinski definition) is 2. The lowest BCUT2D eigenvalue weighted by atomic mass is 10.1. The first-order valence-electron chi connectivity index (χ1n) is 11.2. The molecule has 0 aliphatic rings. The number of benzene rings is 3. The molecule has 0 saturated heterocycles. The van der Waals surface area contributed by atoms with E-state index in [1.807, 2.05) is 62.4 Å². The lowest BCUT2D eigenvalue weighted by molar-refractivity contribution is -0.115. The number of aliphatic hydroxyl groups excluding tert-OH is 1. The summed E-state index contributed by atoms with van der Waals surface area (Å²) < 4.78 is 1.56. The van der Waals surface area contributed by atoms with E-state index < -0.39 is 5.25 Å². The van der Waals surface area contributed by atoms with Crippen LogP contribution in [0.4, 0.5) is 5.69 Å². The topological polar surface area (TPSA) is 84.2 Å². The van der Waals surface area contributed by atoms with E-state index in [1.54, 1.807) is 22.8 Å². The van der Waals surface area contributed by atoms with Gasteiger partial charge in [-0.2, -0.15) is 0 Å². The van der Waals surface area contributed by atoms with Crippen molar-refractivity contribution < 1.29 is 9.90 Å². The summed E-state index contributed by atoms with van der Waals surface area (Å²) in [7, 11) is 0. The van der Waals surface area contributed by atoms with Crippen LogP contribution in [0.1, 0.15) is 28.4 Å². The number of carbonyl (C=O) groups excluding carboxylic acids is 1. The van der Waals surface area contributed by atoms with Gasteiger partial charge in [0, 0.05) is 18.8 Å². The van der Waals surface area contributed by atoms with Gasteiger partial charge in [0.1, 0.15) is 5.25 Å². The highest BCUT2D eigenvalue weighted by molar-refractivity contribution is 8.00. The van der Waals surface area contributed by atoms with Crippen LogP contribution in [0.2, 0.25) is 0 Å². The fraction of sp³-hybridized carbons (Fsp3) is 0.222. The van der Waals surface area contributed by atoms with Crippen molar-refractivity contribution in [2.75, 3.05) is 11.9 Å². The molecule has 7 heteroatoms. The normalized spacial score (nSPS) is 12.0. The molecule has 0 aliphatic heterocycles. The summed E-state index contributed by atoms with van der Waals surface area (Å²) in [6.45, 7) is 4.25. The minimum absolute atomic E-state index is 0.0430. The van der Waals surface area contributed by atoms with E-state index in [0.717, 1.165) is 22.4 Å². The van der Waals surface area contributed by atoms with Crippen LogP contribution in [0.25, 0.3) is 10.9 Å². The molecule has 174 valence electrons. The Morgan fingerprint density at radius 2 is 1.71 bits per heavy atom. The van der Waals surface area contributed by atoms with Crippen LogP contribution in [0.5, 0.6) is 0 Å². The van der Waals surface area contributed by atoms with Crippen molar-refractivity contribution in [2.45, 2.75) is 37.2 Å². The van der Waals surface area contributed by atoms with Crippen LogP contribution in [-0.4, -0.2) is 27.2 Å². The summed E-state index contributed by atoms with van der Waals surface area (Å²) in [4.78, 5) is 31.5. The molecule has 34 heavy (non-hydrogen) atoms. The monoisotopic (exact) mass is 473 g/mol. The third-order valence-electron chi connectivity index (χ3n) is 5.42. The first-order valence-corrected chi connectivity index (χ1v) is 12.1. The number of anilines is 1. The van der Waals surface area contributed by atoms with Gasteiger partial charge in [-0.25, -0.2) is 4.98 Å². The number of amides is 1. The van der Waals surface area contributed by atoms with Crippen LogP contribution in [0.3, 0.4) is 0 Å². The number of thioether (sulfide) groups is 1. The smallest absolute Gasteiger partial charge is 0.262 e. The van der Waals surface area contributed by atoms with E-state index in [2.05, 4.69) is 11.4 Å². The van der Waals surface area contributed by atoms with Crippen LogP contribution in [-0.2, 0) is 11.3 Å². The molecule has 1 unspecified atom stereocenters. The Hall–Kier alpha value is -3.42. The number of para-hydroxylation sites is 1. The second-order valence-electron chi connectivity index (χ2n) is 8.22. The van der Waals surface area contributed by atoms with Gasteiger partial charge in [0.25, 0.3) is 5.56 Å². The molecule has 1 amide bonds. The van der Waals surface area contributed by atoms with E-state index in [9.17, 15) is 14.7 Å².